The summed E-state index contributed by atoms with van der Waals surface area (Å²) in [6.45, 7) is 10.3. The molecule has 0 spiro atoms. The number of carboxylic acids is 1. The Hall–Kier alpha value is -2.54. The first-order valence-corrected chi connectivity index (χ1v) is 12.8. The number of halogens is 4. The first kappa shape index (κ1) is 29.7. The van der Waals surface area contributed by atoms with Crippen LogP contribution in [0.25, 0.3) is 0 Å². The lowest BCUT2D eigenvalue weighted by molar-refractivity contribution is -0.192. The summed E-state index contributed by atoms with van der Waals surface area (Å²) >= 11 is 1.52. The maximum absolute atomic E-state index is 14.1. The van der Waals surface area contributed by atoms with E-state index in [1.165, 1.54) is 17.8 Å². The van der Waals surface area contributed by atoms with Crippen LogP contribution < -0.4 is 9.64 Å². The second-order valence-corrected chi connectivity index (χ2v) is 9.26. The largest absolute Gasteiger partial charge is 0.490 e. The van der Waals surface area contributed by atoms with Gasteiger partial charge in [0.15, 0.2) is 17.4 Å². The van der Waals surface area contributed by atoms with Crippen LogP contribution in [0.5, 0.6) is 5.75 Å². The molecule has 0 saturated carbocycles. The molecule has 0 unspecified atom stereocenters. The molecular formula is C23H32F4N4O4S. The number of thioether (sulfide) groups is 1. The second kappa shape index (κ2) is 13.7. The van der Waals surface area contributed by atoms with Gasteiger partial charge in [0.2, 0.25) is 0 Å². The van der Waals surface area contributed by atoms with Gasteiger partial charge in [-0.3, -0.25) is 4.90 Å². The van der Waals surface area contributed by atoms with Crippen molar-refractivity contribution in [1.82, 2.24) is 15.0 Å². The van der Waals surface area contributed by atoms with E-state index in [1.807, 2.05) is 12.3 Å². The molecule has 1 saturated heterocycles. The molecular weight excluding hydrogens is 504 g/mol. The molecule has 3 rings (SSSR count). The molecule has 1 aromatic heterocycles. The highest BCUT2D eigenvalue weighted by Gasteiger charge is 2.38. The topological polar surface area (TPSA) is 91.9 Å². The molecule has 0 bridgehead atoms. The maximum Gasteiger partial charge on any atom is 0.490 e. The molecule has 1 N–H and O–H groups in total. The van der Waals surface area contributed by atoms with Crippen LogP contribution in [-0.2, 0) is 4.79 Å². The summed E-state index contributed by atoms with van der Waals surface area (Å²) in [4.78, 5) is 18.9. The third-order valence-electron chi connectivity index (χ3n) is 5.62. The quantitative estimate of drug-likeness (QED) is 0.349. The lowest BCUT2D eigenvalue weighted by Crippen LogP contribution is -2.46. The summed E-state index contributed by atoms with van der Waals surface area (Å²) in [5.41, 5.74) is 0. The van der Waals surface area contributed by atoms with Gasteiger partial charge in [-0.1, -0.05) is 25.9 Å². The molecule has 1 fully saturated rings. The van der Waals surface area contributed by atoms with Gasteiger partial charge in [0.25, 0.3) is 0 Å². The first-order valence-electron chi connectivity index (χ1n) is 11.5. The molecule has 1 aliphatic rings. The normalized spacial score (nSPS) is 14.7. The predicted molar refractivity (Wildman–Crippen MR) is 128 cm³/mol. The Bertz CT molecular complexity index is 966. The SMILES string of the molecule is CCN(CCOc1ccc(SC)cc1F)C1CCN(c2nc(C(C)C)no2)CC1.O=C(O)C(F)(F)F. The molecule has 0 atom stereocenters. The molecule has 1 aromatic carbocycles. The number of rotatable bonds is 9. The Morgan fingerprint density at radius 3 is 2.44 bits per heavy atom. The smallest absolute Gasteiger partial charge is 0.489 e. The van der Waals surface area contributed by atoms with Gasteiger partial charge in [0.05, 0.1) is 0 Å². The maximum atomic E-state index is 14.1. The van der Waals surface area contributed by atoms with E-state index >= 15 is 0 Å². The second-order valence-electron chi connectivity index (χ2n) is 8.38. The fourth-order valence-corrected chi connectivity index (χ4v) is 4.03. The minimum absolute atomic E-state index is 0.266. The van der Waals surface area contributed by atoms with E-state index < -0.39 is 12.1 Å². The van der Waals surface area contributed by atoms with E-state index in [2.05, 4.69) is 40.7 Å². The third kappa shape index (κ3) is 8.84. The number of piperidine rings is 1. The number of likely N-dealkylation sites (N-methyl/N-ethyl adjacent to an activating group) is 1. The highest BCUT2D eigenvalue weighted by molar-refractivity contribution is 7.98. The van der Waals surface area contributed by atoms with Crippen molar-refractivity contribution in [3.05, 3.63) is 29.8 Å². The minimum Gasteiger partial charge on any atom is -0.489 e. The Morgan fingerprint density at radius 1 is 1.33 bits per heavy atom. The van der Waals surface area contributed by atoms with Crippen LogP contribution in [-0.4, -0.2) is 77.4 Å². The van der Waals surface area contributed by atoms with Crippen LogP contribution in [0.4, 0.5) is 23.6 Å². The van der Waals surface area contributed by atoms with Crippen LogP contribution in [0.15, 0.2) is 27.6 Å². The Balaban J connectivity index is 0.000000572. The lowest BCUT2D eigenvalue weighted by Gasteiger charge is -2.37. The van der Waals surface area contributed by atoms with E-state index in [0.29, 0.717) is 24.4 Å². The summed E-state index contributed by atoms with van der Waals surface area (Å²) in [7, 11) is 0. The lowest BCUT2D eigenvalue weighted by atomic mass is 10.0. The zero-order valence-corrected chi connectivity index (χ0v) is 21.5. The molecule has 36 heavy (non-hydrogen) atoms. The Kier molecular flexibility index (Phi) is 11.3. The number of carbonyl (C=O) groups is 1. The summed E-state index contributed by atoms with van der Waals surface area (Å²) in [5.74, 6) is -1.71. The van der Waals surface area contributed by atoms with E-state index in [1.54, 1.807) is 6.07 Å². The molecule has 0 radical (unpaired) electrons. The zero-order chi connectivity index (χ0) is 26.9. The van der Waals surface area contributed by atoms with E-state index in [-0.39, 0.29) is 11.7 Å². The van der Waals surface area contributed by atoms with Crippen LogP contribution in [0.1, 0.15) is 45.4 Å². The number of aliphatic carboxylic acids is 1. The molecule has 2 aromatic rings. The van der Waals surface area contributed by atoms with Gasteiger partial charge in [-0.05, 0) is 43.8 Å². The fourth-order valence-electron chi connectivity index (χ4n) is 3.61. The van der Waals surface area contributed by atoms with Gasteiger partial charge >= 0.3 is 18.2 Å². The van der Waals surface area contributed by atoms with Crippen LogP contribution in [0.2, 0.25) is 0 Å². The number of aromatic nitrogens is 2. The number of hydrogen-bond acceptors (Lipinski definition) is 8. The van der Waals surface area contributed by atoms with E-state index in [0.717, 1.165) is 49.7 Å². The molecule has 8 nitrogen and oxygen atoms in total. The van der Waals surface area contributed by atoms with Crippen molar-refractivity contribution in [2.75, 3.05) is 43.9 Å². The Labute approximate surface area is 212 Å². The average molecular weight is 537 g/mol. The number of hydrogen-bond donors (Lipinski definition) is 1. The number of nitrogens with zero attached hydrogens (tertiary/aromatic N) is 4. The zero-order valence-electron chi connectivity index (χ0n) is 20.7. The molecule has 13 heteroatoms. The fraction of sp³-hybridized carbons (Fsp3) is 0.609. The average Bonchev–Trinajstić information content (AvgIpc) is 3.33. The molecule has 1 aliphatic heterocycles. The predicted octanol–water partition coefficient (Wildman–Crippen LogP) is 5.06. The number of benzene rings is 1. The summed E-state index contributed by atoms with van der Waals surface area (Å²) in [6, 6.07) is 6.23. The van der Waals surface area contributed by atoms with Crippen molar-refractivity contribution >= 4 is 23.7 Å². The molecule has 0 amide bonds. The van der Waals surface area contributed by atoms with Gasteiger partial charge in [-0.25, -0.2) is 9.18 Å². The van der Waals surface area contributed by atoms with Crippen LogP contribution >= 0.6 is 11.8 Å². The van der Waals surface area contributed by atoms with Crippen LogP contribution in [0, 0.1) is 5.82 Å². The number of anilines is 1. The highest BCUT2D eigenvalue weighted by Crippen LogP contribution is 2.25. The molecule has 202 valence electrons. The van der Waals surface area contributed by atoms with Crippen molar-refractivity contribution in [3.63, 3.8) is 0 Å². The standard InChI is InChI=1S/C21H31FN4O2S.C2HF3O2/c1-5-25(12-13-27-19-7-6-17(29-4)14-18(19)22)16-8-10-26(11-9-16)21-23-20(15(2)3)24-28-21;3-2(4,5)1(6)7/h6-7,14-16H,5,8-13H2,1-4H3;(H,6,7). The number of carboxylic acid groups (broad SMARTS) is 1. The number of ether oxygens (including phenoxy) is 1. The van der Waals surface area contributed by atoms with Gasteiger partial charge in [0.1, 0.15) is 6.61 Å². The van der Waals surface area contributed by atoms with Gasteiger partial charge < -0.3 is 19.3 Å². The van der Waals surface area contributed by atoms with Crippen LogP contribution in [0.3, 0.4) is 0 Å². The summed E-state index contributed by atoms with van der Waals surface area (Å²) in [5, 5.41) is 11.2. The van der Waals surface area contributed by atoms with Crippen molar-refractivity contribution in [1.29, 1.82) is 0 Å². The van der Waals surface area contributed by atoms with Crippen molar-refractivity contribution in [3.8, 4) is 5.75 Å². The van der Waals surface area contributed by atoms with Crippen molar-refractivity contribution in [2.24, 2.45) is 0 Å². The minimum atomic E-state index is -5.08. The highest BCUT2D eigenvalue weighted by atomic mass is 32.2. The molecule has 2 heterocycles. The monoisotopic (exact) mass is 536 g/mol. The van der Waals surface area contributed by atoms with Gasteiger partial charge in [-0.15, -0.1) is 11.8 Å². The van der Waals surface area contributed by atoms with Gasteiger partial charge in [-0.2, -0.15) is 18.2 Å². The van der Waals surface area contributed by atoms with E-state index in [9.17, 15) is 17.6 Å². The number of alkyl halides is 3. The van der Waals surface area contributed by atoms with Gasteiger partial charge in [0, 0.05) is 36.5 Å². The Morgan fingerprint density at radius 2 is 1.97 bits per heavy atom. The van der Waals surface area contributed by atoms with Crippen molar-refractivity contribution in [2.45, 2.75) is 56.6 Å². The van der Waals surface area contributed by atoms with E-state index in [4.69, 9.17) is 19.2 Å². The van der Waals surface area contributed by atoms with Crippen molar-refractivity contribution < 1.29 is 36.7 Å². The molecule has 0 aliphatic carbocycles. The summed E-state index contributed by atoms with van der Waals surface area (Å²) in [6.07, 6.45) is -1.09. The third-order valence-corrected chi connectivity index (χ3v) is 6.35. The summed E-state index contributed by atoms with van der Waals surface area (Å²) < 4.78 is 56.9. The first-order chi connectivity index (χ1) is 17.0.